The third kappa shape index (κ3) is 10.3. The van der Waals surface area contributed by atoms with E-state index in [4.69, 9.17) is 4.74 Å². The molecule has 0 aromatic rings. The number of ether oxygens (including phenoxy) is 1. The van der Waals surface area contributed by atoms with E-state index in [0.717, 1.165) is 19.4 Å². The van der Waals surface area contributed by atoms with Gasteiger partial charge in [0.05, 0.1) is 6.61 Å². The summed E-state index contributed by atoms with van der Waals surface area (Å²) in [5.41, 5.74) is 0.435. The largest absolute Gasteiger partial charge is 0.466 e. The molecular weight excluding hydrogens is 214 g/mol. The molecule has 0 amide bonds. The molecule has 0 bridgehead atoms. The second-order valence-electron chi connectivity index (χ2n) is 6.46. The van der Waals surface area contributed by atoms with Gasteiger partial charge in [0.1, 0.15) is 0 Å². The molecule has 0 atom stereocenters. The molecule has 0 spiro atoms. The first-order valence-corrected chi connectivity index (χ1v) is 6.57. The molecule has 0 aliphatic carbocycles. The van der Waals surface area contributed by atoms with Crippen molar-refractivity contribution in [3.8, 4) is 0 Å². The lowest BCUT2D eigenvalue weighted by molar-refractivity contribution is -0.143. The van der Waals surface area contributed by atoms with E-state index in [0.29, 0.717) is 18.4 Å². The molecule has 0 radical (unpaired) electrons. The lowest BCUT2D eigenvalue weighted by Crippen LogP contribution is -2.42. The van der Waals surface area contributed by atoms with Crippen molar-refractivity contribution < 1.29 is 9.53 Å². The van der Waals surface area contributed by atoms with Crippen molar-refractivity contribution in [2.45, 2.75) is 66.3 Å². The summed E-state index contributed by atoms with van der Waals surface area (Å²) in [6, 6.07) is 0. The van der Waals surface area contributed by atoms with Gasteiger partial charge in [-0.15, -0.1) is 0 Å². The van der Waals surface area contributed by atoms with E-state index in [1.54, 1.807) is 0 Å². The molecule has 0 aliphatic rings. The molecule has 0 heterocycles. The SMILES string of the molecule is CCOC(=O)CCCNC(C)(C)CC(C)(C)C. The summed E-state index contributed by atoms with van der Waals surface area (Å²) in [4.78, 5) is 11.1. The molecule has 0 saturated carbocycles. The Kier molecular flexibility index (Phi) is 6.76. The van der Waals surface area contributed by atoms with Crippen LogP contribution in [0.1, 0.15) is 60.8 Å². The van der Waals surface area contributed by atoms with Gasteiger partial charge in [0, 0.05) is 12.0 Å². The predicted molar refractivity (Wildman–Crippen MR) is 72.0 cm³/mol. The van der Waals surface area contributed by atoms with E-state index in [-0.39, 0.29) is 11.5 Å². The van der Waals surface area contributed by atoms with Crippen molar-refractivity contribution in [2.75, 3.05) is 13.2 Å². The first-order valence-electron chi connectivity index (χ1n) is 6.57. The minimum atomic E-state index is -0.0945. The monoisotopic (exact) mass is 243 g/mol. The Bertz CT molecular complexity index is 229. The zero-order valence-electron chi connectivity index (χ0n) is 12.4. The van der Waals surface area contributed by atoms with Gasteiger partial charge in [-0.25, -0.2) is 0 Å². The van der Waals surface area contributed by atoms with Crippen molar-refractivity contribution in [2.24, 2.45) is 5.41 Å². The van der Waals surface area contributed by atoms with Crippen molar-refractivity contribution >= 4 is 5.97 Å². The Morgan fingerprint density at radius 2 is 1.76 bits per heavy atom. The molecule has 1 N–H and O–H groups in total. The summed E-state index contributed by atoms with van der Waals surface area (Å²) >= 11 is 0. The fraction of sp³-hybridized carbons (Fsp3) is 0.929. The van der Waals surface area contributed by atoms with E-state index < -0.39 is 0 Å². The van der Waals surface area contributed by atoms with Crippen LogP contribution in [-0.2, 0) is 9.53 Å². The minimum Gasteiger partial charge on any atom is -0.466 e. The van der Waals surface area contributed by atoms with Crippen LogP contribution in [-0.4, -0.2) is 24.7 Å². The highest BCUT2D eigenvalue weighted by Gasteiger charge is 2.24. The van der Waals surface area contributed by atoms with Crippen LogP contribution in [0.15, 0.2) is 0 Å². The normalized spacial score (nSPS) is 12.6. The molecule has 0 aromatic heterocycles. The van der Waals surface area contributed by atoms with Crippen LogP contribution in [0.3, 0.4) is 0 Å². The molecule has 3 heteroatoms. The average molecular weight is 243 g/mol. The van der Waals surface area contributed by atoms with Gasteiger partial charge < -0.3 is 10.1 Å². The number of hydrogen-bond donors (Lipinski definition) is 1. The molecule has 17 heavy (non-hydrogen) atoms. The molecule has 0 aliphatic heterocycles. The van der Waals surface area contributed by atoms with Crippen LogP contribution < -0.4 is 5.32 Å². The van der Waals surface area contributed by atoms with Gasteiger partial charge >= 0.3 is 5.97 Å². The number of esters is 1. The molecule has 0 saturated heterocycles. The summed E-state index contributed by atoms with van der Waals surface area (Å²) < 4.78 is 4.89. The third-order valence-electron chi connectivity index (χ3n) is 2.44. The van der Waals surface area contributed by atoms with E-state index >= 15 is 0 Å². The van der Waals surface area contributed by atoms with Crippen molar-refractivity contribution in [3.05, 3.63) is 0 Å². The van der Waals surface area contributed by atoms with E-state index in [1.807, 2.05) is 6.92 Å². The van der Waals surface area contributed by atoms with E-state index in [1.165, 1.54) is 0 Å². The van der Waals surface area contributed by atoms with Crippen LogP contribution >= 0.6 is 0 Å². The van der Waals surface area contributed by atoms with E-state index in [2.05, 4.69) is 39.9 Å². The summed E-state index contributed by atoms with van der Waals surface area (Å²) in [6.07, 6.45) is 2.46. The average Bonchev–Trinajstić information content (AvgIpc) is 2.09. The number of nitrogens with one attached hydrogen (secondary N) is 1. The maximum absolute atomic E-state index is 11.1. The lowest BCUT2D eigenvalue weighted by atomic mass is 9.82. The van der Waals surface area contributed by atoms with Crippen LogP contribution in [0.25, 0.3) is 0 Å². The fourth-order valence-corrected chi connectivity index (χ4v) is 2.28. The minimum absolute atomic E-state index is 0.0945. The number of carbonyl (C=O) groups excluding carboxylic acids is 1. The van der Waals surface area contributed by atoms with Crippen molar-refractivity contribution in [1.29, 1.82) is 0 Å². The smallest absolute Gasteiger partial charge is 0.305 e. The van der Waals surface area contributed by atoms with Gasteiger partial charge in [0.25, 0.3) is 0 Å². The maximum atomic E-state index is 11.1. The summed E-state index contributed by atoms with van der Waals surface area (Å²) in [6.45, 7) is 14.3. The molecule has 102 valence electrons. The van der Waals surface area contributed by atoms with Gasteiger partial charge in [-0.3, -0.25) is 4.79 Å². The predicted octanol–water partition coefficient (Wildman–Crippen LogP) is 3.13. The molecule has 0 fully saturated rings. The molecule has 3 nitrogen and oxygen atoms in total. The summed E-state index contributed by atoms with van der Waals surface area (Å²) in [7, 11) is 0. The Morgan fingerprint density at radius 1 is 1.18 bits per heavy atom. The van der Waals surface area contributed by atoms with Crippen LogP contribution in [0.5, 0.6) is 0 Å². The zero-order valence-corrected chi connectivity index (χ0v) is 12.4. The van der Waals surface area contributed by atoms with Gasteiger partial charge in [-0.05, 0) is 45.6 Å². The first kappa shape index (κ1) is 16.4. The van der Waals surface area contributed by atoms with Gasteiger partial charge in [0.2, 0.25) is 0 Å². The standard InChI is InChI=1S/C14H29NO2/c1-7-17-12(16)9-8-10-15-14(5,6)11-13(2,3)4/h15H,7-11H2,1-6H3. The van der Waals surface area contributed by atoms with Gasteiger partial charge in [0.15, 0.2) is 0 Å². The second kappa shape index (κ2) is 7.00. The quantitative estimate of drug-likeness (QED) is 0.551. The highest BCUT2D eigenvalue weighted by Crippen LogP contribution is 2.26. The van der Waals surface area contributed by atoms with E-state index in [9.17, 15) is 4.79 Å². The van der Waals surface area contributed by atoms with Crippen LogP contribution in [0, 0.1) is 5.41 Å². The number of hydrogen-bond acceptors (Lipinski definition) is 3. The van der Waals surface area contributed by atoms with Gasteiger partial charge in [-0.1, -0.05) is 20.8 Å². The Labute approximate surface area is 106 Å². The highest BCUT2D eigenvalue weighted by atomic mass is 16.5. The summed E-state index contributed by atoms with van der Waals surface area (Å²) in [5.74, 6) is -0.0945. The number of rotatable bonds is 7. The Morgan fingerprint density at radius 3 is 2.24 bits per heavy atom. The lowest BCUT2D eigenvalue weighted by Gasteiger charge is -2.33. The van der Waals surface area contributed by atoms with Crippen LogP contribution in [0.4, 0.5) is 0 Å². The Hall–Kier alpha value is -0.570. The zero-order chi connectivity index (χ0) is 13.5. The fourth-order valence-electron chi connectivity index (χ4n) is 2.28. The maximum Gasteiger partial charge on any atom is 0.305 e. The molecule has 0 unspecified atom stereocenters. The third-order valence-corrected chi connectivity index (χ3v) is 2.44. The summed E-state index contributed by atoms with van der Waals surface area (Å²) in [5, 5.41) is 3.51. The second-order valence-corrected chi connectivity index (χ2v) is 6.46. The van der Waals surface area contributed by atoms with Crippen LogP contribution in [0.2, 0.25) is 0 Å². The topological polar surface area (TPSA) is 38.3 Å². The molecule has 0 rings (SSSR count). The first-order chi connectivity index (χ1) is 7.66. The Balaban J connectivity index is 3.76. The van der Waals surface area contributed by atoms with Crippen molar-refractivity contribution in [3.63, 3.8) is 0 Å². The van der Waals surface area contributed by atoms with Gasteiger partial charge in [-0.2, -0.15) is 0 Å². The highest BCUT2D eigenvalue weighted by molar-refractivity contribution is 5.69. The molecule has 0 aromatic carbocycles. The van der Waals surface area contributed by atoms with Crippen molar-refractivity contribution in [1.82, 2.24) is 5.32 Å². The number of carbonyl (C=O) groups is 1. The molecular formula is C14H29NO2.